The zero-order chi connectivity index (χ0) is 14.1. The number of hydrogen-bond donors (Lipinski definition) is 0. The molecule has 1 unspecified atom stereocenters. The molecule has 2 nitrogen and oxygen atoms in total. The fraction of sp³-hybridized carbons (Fsp3) is 0.538. The first-order chi connectivity index (χ1) is 9.13. The fourth-order valence-electron chi connectivity index (χ4n) is 1.35. The van der Waals surface area contributed by atoms with Crippen molar-refractivity contribution in [2.24, 2.45) is 0 Å². The number of hydrogen-bond acceptors (Lipinski definition) is 5. The molecule has 0 amide bonds. The first kappa shape index (κ1) is 17.5. The summed E-state index contributed by atoms with van der Waals surface area (Å²) in [6, 6.07) is 8.40. The van der Waals surface area contributed by atoms with Crippen LogP contribution in [-0.2, 0) is 14.8 Å². The zero-order valence-corrected chi connectivity index (χ0v) is 15.0. The van der Waals surface area contributed by atoms with E-state index in [9.17, 15) is 4.57 Å². The summed E-state index contributed by atoms with van der Waals surface area (Å²) in [6.07, 6.45) is 3.08. The molecule has 0 saturated heterocycles. The summed E-state index contributed by atoms with van der Waals surface area (Å²) in [6.45, 7) is 4.49. The molecule has 108 valence electrons. The van der Waals surface area contributed by atoms with Gasteiger partial charge in [0.2, 0.25) is 0 Å². The summed E-state index contributed by atoms with van der Waals surface area (Å²) in [5, 5.41) is 0. The maximum absolute atomic E-state index is 12.6. The molecule has 0 aliphatic heterocycles. The molecule has 1 rings (SSSR count). The van der Waals surface area contributed by atoms with Gasteiger partial charge in [-0.25, -0.2) is 0 Å². The molecule has 0 aliphatic carbocycles. The predicted molar refractivity (Wildman–Crippen MR) is 91.5 cm³/mol. The molecule has 6 heteroatoms. The van der Waals surface area contributed by atoms with Crippen molar-refractivity contribution in [3.05, 3.63) is 29.8 Å². The van der Waals surface area contributed by atoms with Crippen molar-refractivity contribution in [1.82, 2.24) is 0 Å². The third-order valence-corrected chi connectivity index (χ3v) is 10.7. The summed E-state index contributed by atoms with van der Waals surface area (Å²) < 4.78 is 18.0. The fourth-order valence-corrected chi connectivity index (χ4v) is 8.46. The van der Waals surface area contributed by atoms with E-state index in [-0.39, 0.29) is 0 Å². The standard InChI is InChI=1S/C13H21O2PS3/c1-4-10-18-16(14,15-5-2)19-11-12-6-8-13(17-3)9-7-12/h6-9H,4-5,10-11H2,1-3H3. The van der Waals surface area contributed by atoms with Crippen LogP contribution < -0.4 is 0 Å². The van der Waals surface area contributed by atoms with Crippen LogP contribution in [0.5, 0.6) is 0 Å². The van der Waals surface area contributed by atoms with Crippen LogP contribution in [0.15, 0.2) is 29.2 Å². The molecular weight excluding hydrogens is 315 g/mol. The van der Waals surface area contributed by atoms with Gasteiger partial charge in [0.05, 0.1) is 6.61 Å². The summed E-state index contributed by atoms with van der Waals surface area (Å²) in [4.78, 5) is 1.25. The van der Waals surface area contributed by atoms with Gasteiger partial charge in [-0.2, -0.15) is 0 Å². The average molecular weight is 336 g/mol. The first-order valence-corrected chi connectivity index (χ1v) is 12.3. The van der Waals surface area contributed by atoms with E-state index in [1.165, 1.54) is 33.2 Å². The summed E-state index contributed by atoms with van der Waals surface area (Å²) in [5.74, 6) is -0.969. The zero-order valence-electron chi connectivity index (χ0n) is 11.6. The van der Waals surface area contributed by atoms with E-state index in [1.54, 1.807) is 11.8 Å². The van der Waals surface area contributed by atoms with Gasteiger partial charge in [0.25, 0.3) is 0 Å². The highest BCUT2D eigenvalue weighted by Crippen LogP contribution is 2.70. The third-order valence-electron chi connectivity index (χ3n) is 2.29. The van der Waals surface area contributed by atoms with Crippen molar-refractivity contribution in [1.29, 1.82) is 0 Å². The van der Waals surface area contributed by atoms with Crippen LogP contribution in [0.2, 0.25) is 0 Å². The largest absolute Gasteiger partial charge is 0.314 e. The molecule has 1 aromatic carbocycles. The van der Waals surface area contributed by atoms with Crippen LogP contribution in [0.3, 0.4) is 0 Å². The van der Waals surface area contributed by atoms with Crippen molar-refractivity contribution in [3.63, 3.8) is 0 Å². The van der Waals surface area contributed by atoms with E-state index in [1.807, 2.05) is 6.92 Å². The Morgan fingerprint density at radius 1 is 1.16 bits per heavy atom. The van der Waals surface area contributed by atoms with Gasteiger partial charge in [-0.1, -0.05) is 41.8 Å². The molecule has 1 aromatic rings. The van der Waals surface area contributed by atoms with Gasteiger partial charge < -0.3 is 4.52 Å². The van der Waals surface area contributed by atoms with E-state index >= 15 is 0 Å². The van der Waals surface area contributed by atoms with Crippen molar-refractivity contribution in [2.75, 3.05) is 18.6 Å². The van der Waals surface area contributed by atoms with Crippen LogP contribution >= 0.6 is 40.3 Å². The summed E-state index contributed by atoms with van der Waals surface area (Å²) in [5.41, 5.74) is 1.19. The Morgan fingerprint density at radius 2 is 1.84 bits per heavy atom. The van der Waals surface area contributed by atoms with E-state index in [4.69, 9.17) is 4.52 Å². The second kappa shape index (κ2) is 9.41. The second-order valence-corrected chi connectivity index (χ2v) is 12.2. The highest BCUT2D eigenvalue weighted by molar-refractivity contribution is 8.89. The van der Waals surface area contributed by atoms with Crippen molar-refractivity contribution >= 4 is 40.3 Å². The van der Waals surface area contributed by atoms with Gasteiger partial charge in [-0.15, -0.1) is 11.8 Å². The third kappa shape index (κ3) is 6.63. The highest BCUT2D eigenvalue weighted by atomic mass is 33.1. The van der Waals surface area contributed by atoms with Gasteiger partial charge in [-0.05, 0) is 37.3 Å². The topological polar surface area (TPSA) is 26.3 Å². The quantitative estimate of drug-likeness (QED) is 0.411. The Bertz CT molecular complexity index is 409. The van der Waals surface area contributed by atoms with Crippen LogP contribution in [0.1, 0.15) is 25.8 Å². The minimum absolute atomic E-state index is 0.506. The van der Waals surface area contributed by atoms with Crippen LogP contribution in [-0.4, -0.2) is 18.6 Å². The first-order valence-electron chi connectivity index (χ1n) is 6.30. The highest BCUT2D eigenvalue weighted by Gasteiger charge is 2.23. The second-order valence-electron chi connectivity index (χ2n) is 3.82. The normalized spacial score (nSPS) is 14.3. The molecule has 1 atom stereocenters. The van der Waals surface area contributed by atoms with Crippen molar-refractivity contribution in [3.8, 4) is 0 Å². The lowest BCUT2D eigenvalue weighted by Gasteiger charge is -2.15. The Labute approximate surface area is 128 Å². The maximum atomic E-state index is 12.6. The number of benzene rings is 1. The molecule has 19 heavy (non-hydrogen) atoms. The van der Waals surface area contributed by atoms with Crippen LogP contribution in [0.25, 0.3) is 0 Å². The van der Waals surface area contributed by atoms with E-state index < -0.39 is 5.77 Å². The molecule has 0 aromatic heterocycles. The minimum atomic E-state index is -2.59. The molecule has 0 bridgehead atoms. The molecule has 0 heterocycles. The molecule has 0 N–H and O–H groups in total. The lowest BCUT2D eigenvalue weighted by atomic mass is 10.2. The van der Waals surface area contributed by atoms with Gasteiger partial charge in [0, 0.05) is 16.4 Å². The summed E-state index contributed by atoms with van der Waals surface area (Å²) in [7, 11) is 0. The van der Waals surface area contributed by atoms with Gasteiger partial charge >= 0.3 is 5.77 Å². The molecule has 0 radical (unpaired) electrons. The monoisotopic (exact) mass is 336 g/mol. The Kier molecular flexibility index (Phi) is 8.67. The van der Waals surface area contributed by atoms with Crippen LogP contribution in [0, 0.1) is 0 Å². The van der Waals surface area contributed by atoms with Crippen molar-refractivity contribution in [2.45, 2.75) is 30.9 Å². The smallest absolute Gasteiger partial charge is 0.313 e. The molecule has 0 spiro atoms. The van der Waals surface area contributed by atoms with E-state index in [0.717, 1.165) is 17.9 Å². The molecule has 0 fully saturated rings. The maximum Gasteiger partial charge on any atom is 0.313 e. The average Bonchev–Trinajstić information content (AvgIpc) is 2.44. The Hall–Kier alpha value is 0.460. The lowest BCUT2D eigenvalue weighted by Crippen LogP contribution is -1.87. The molecule has 0 saturated carbocycles. The summed E-state index contributed by atoms with van der Waals surface area (Å²) >= 11 is 4.64. The minimum Gasteiger partial charge on any atom is -0.314 e. The number of rotatable bonds is 9. The van der Waals surface area contributed by atoms with Gasteiger partial charge in [0.1, 0.15) is 0 Å². The number of thioether (sulfide) groups is 1. The lowest BCUT2D eigenvalue weighted by molar-refractivity contribution is 0.357. The van der Waals surface area contributed by atoms with E-state index in [0.29, 0.717) is 6.61 Å². The molecule has 0 aliphatic rings. The Balaban J connectivity index is 2.56. The van der Waals surface area contributed by atoms with Crippen LogP contribution in [0.4, 0.5) is 0 Å². The SMILES string of the molecule is CCCSP(=O)(OCC)SCc1ccc(SC)cc1. The molecular formula is C13H21O2PS3. The Morgan fingerprint density at radius 3 is 2.37 bits per heavy atom. The predicted octanol–water partition coefficient (Wildman–Crippen LogP) is 5.93. The van der Waals surface area contributed by atoms with Gasteiger partial charge in [-0.3, -0.25) is 4.57 Å². The van der Waals surface area contributed by atoms with Gasteiger partial charge in [0.15, 0.2) is 0 Å². The van der Waals surface area contributed by atoms with E-state index in [2.05, 4.69) is 37.4 Å². The van der Waals surface area contributed by atoms with Crippen molar-refractivity contribution < 1.29 is 9.09 Å².